The van der Waals surface area contributed by atoms with Crippen LogP contribution in [0.3, 0.4) is 0 Å². The molecule has 0 aliphatic carbocycles. The number of aromatic nitrogens is 2. The Hall–Kier alpha value is -2.39. The predicted molar refractivity (Wildman–Crippen MR) is 104 cm³/mol. The van der Waals surface area contributed by atoms with Crippen molar-refractivity contribution in [1.29, 1.82) is 0 Å². The van der Waals surface area contributed by atoms with Gasteiger partial charge in [0.2, 0.25) is 5.91 Å². The van der Waals surface area contributed by atoms with Gasteiger partial charge in [-0.1, -0.05) is 6.92 Å². The van der Waals surface area contributed by atoms with Crippen LogP contribution in [0.1, 0.15) is 19.4 Å². The van der Waals surface area contributed by atoms with Gasteiger partial charge in [-0.3, -0.25) is 4.79 Å². The van der Waals surface area contributed by atoms with Crippen molar-refractivity contribution in [3.8, 4) is 11.1 Å². The lowest BCUT2D eigenvalue weighted by molar-refractivity contribution is -0.114. The number of fused-ring (bicyclic) bond motifs is 1. The Labute approximate surface area is 147 Å². The number of aryl methyl sites for hydroxylation is 1. The number of benzene rings is 1. The van der Waals surface area contributed by atoms with Crippen molar-refractivity contribution in [2.45, 2.75) is 20.3 Å². The molecule has 0 fully saturated rings. The maximum atomic E-state index is 12.6. The van der Waals surface area contributed by atoms with Gasteiger partial charge in [0.05, 0.1) is 0 Å². The molecule has 2 heterocycles. The van der Waals surface area contributed by atoms with Gasteiger partial charge in [-0.2, -0.15) is 0 Å². The average Bonchev–Trinajstić information content (AvgIpc) is 2.95. The van der Waals surface area contributed by atoms with Crippen LogP contribution in [0.2, 0.25) is 0 Å². The molecule has 130 valence electrons. The number of carbonyl (C=O) groups excluding carboxylic acids is 1. The summed E-state index contributed by atoms with van der Waals surface area (Å²) in [5.41, 5.74) is 4.54. The summed E-state index contributed by atoms with van der Waals surface area (Å²) in [5, 5.41) is 4.62. The first-order valence-electron chi connectivity index (χ1n) is 8.22. The number of hydrogen-bond donors (Lipinski definition) is 2. The Morgan fingerprint density at radius 3 is 2.60 bits per heavy atom. The van der Waals surface area contributed by atoms with Crippen molar-refractivity contribution in [3.05, 3.63) is 42.2 Å². The molecule has 6 heteroatoms. The molecule has 0 bridgehead atoms. The van der Waals surface area contributed by atoms with E-state index in [9.17, 15) is 9.36 Å². The van der Waals surface area contributed by atoms with Gasteiger partial charge in [0.15, 0.2) is 0 Å². The standard InChI is InChI=1S/C19H22N3O2P/c1-5-13-10-20-19-18(13)8-15(11-21-19)14-6-16(22-12(2)23)9-17(7-14)25(3,4)24/h6-11H,5H2,1-4H3,(H,20,21)(H,22,23). The van der Waals surface area contributed by atoms with Crippen LogP contribution < -0.4 is 10.6 Å². The molecule has 0 radical (unpaired) electrons. The Kier molecular flexibility index (Phi) is 4.53. The quantitative estimate of drug-likeness (QED) is 0.695. The third-order valence-corrected chi connectivity index (χ3v) is 5.69. The van der Waals surface area contributed by atoms with Crippen molar-refractivity contribution >= 4 is 35.1 Å². The van der Waals surface area contributed by atoms with Crippen molar-refractivity contribution in [2.24, 2.45) is 0 Å². The van der Waals surface area contributed by atoms with Gasteiger partial charge in [-0.25, -0.2) is 4.98 Å². The van der Waals surface area contributed by atoms with Gasteiger partial charge in [-0.05, 0) is 55.1 Å². The monoisotopic (exact) mass is 355 g/mol. The number of amides is 1. The molecule has 1 aromatic carbocycles. The zero-order valence-electron chi connectivity index (χ0n) is 14.9. The molecular formula is C19H22N3O2P. The van der Waals surface area contributed by atoms with E-state index in [2.05, 4.69) is 28.3 Å². The predicted octanol–water partition coefficient (Wildman–Crippen LogP) is 4.00. The van der Waals surface area contributed by atoms with Crippen LogP contribution in [-0.2, 0) is 15.8 Å². The maximum absolute atomic E-state index is 12.6. The van der Waals surface area contributed by atoms with Crippen LogP contribution in [0.25, 0.3) is 22.2 Å². The molecular weight excluding hydrogens is 333 g/mol. The zero-order chi connectivity index (χ0) is 18.2. The first kappa shape index (κ1) is 17.4. The van der Waals surface area contributed by atoms with Crippen molar-refractivity contribution < 1.29 is 9.36 Å². The highest BCUT2D eigenvalue weighted by molar-refractivity contribution is 7.70. The molecule has 0 atom stereocenters. The lowest BCUT2D eigenvalue weighted by Crippen LogP contribution is -2.10. The summed E-state index contributed by atoms with van der Waals surface area (Å²) < 4.78 is 12.6. The molecule has 1 amide bonds. The van der Waals surface area contributed by atoms with E-state index in [4.69, 9.17) is 0 Å². The van der Waals surface area contributed by atoms with Crippen LogP contribution in [0.5, 0.6) is 0 Å². The van der Waals surface area contributed by atoms with E-state index in [1.807, 2.05) is 18.3 Å². The highest BCUT2D eigenvalue weighted by Crippen LogP contribution is 2.37. The number of pyridine rings is 1. The van der Waals surface area contributed by atoms with Gasteiger partial charge in [0.25, 0.3) is 0 Å². The van der Waals surface area contributed by atoms with Gasteiger partial charge in [0.1, 0.15) is 12.8 Å². The third kappa shape index (κ3) is 3.67. The SMILES string of the molecule is CCc1c[nH]c2ncc(-c3cc(NC(C)=O)cc(P(C)(C)=O)c3)cc12. The third-order valence-electron chi connectivity index (χ3n) is 4.19. The summed E-state index contributed by atoms with van der Waals surface area (Å²) in [5.74, 6) is -0.155. The number of aromatic amines is 1. The molecule has 3 rings (SSSR count). The minimum absolute atomic E-state index is 0.155. The fourth-order valence-electron chi connectivity index (χ4n) is 2.87. The zero-order valence-corrected chi connectivity index (χ0v) is 15.8. The molecule has 0 aliphatic rings. The van der Waals surface area contributed by atoms with Crippen molar-refractivity contribution in [3.63, 3.8) is 0 Å². The number of nitrogens with zero attached hydrogens (tertiary/aromatic N) is 1. The van der Waals surface area contributed by atoms with E-state index in [1.54, 1.807) is 25.6 Å². The van der Waals surface area contributed by atoms with E-state index in [-0.39, 0.29) is 5.91 Å². The first-order chi connectivity index (χ1) is 11.8. The summed E-state index contributed by atoms with van der Waals surface area (Å²) in [6.45, 7) is 7.03. The van der Waals surface area contributed by atoms with Crippen LogP contribution in [0.15, 0.2) is 36.7 Å². The molecule has 25 heavy (non-hydrogen) atoms. The topological polar surface area (TPSA) is 74.8 Å². The molecule has 3 aromatic rings. The molecule has 2 aromatic heterocycles. The number of anilines is 1. The highest BCUT2D eigenvalue weighted by atomic mass is 31.2. The smallest absolute Gasteiger partial charge is 0.221 e. The Morgan fingerprint density at radius 1 is 1.20 bits per heavy atom. The fourth-order valence-corrected chi connectivity index (χ4v) is 3.77. The normalized spacial score (nSPS) is 11.7. The lowest BCUT2D eigenvalue weighted by Gasteiger charge is -2.13. The van der Waals surface area contributed by atoms with E-state index in [1.165, 1.54) is 12.5 Å². The number of rotatable bonds is 4. The van der Waals surface area contributed by atoms with Gasteiger partial charge < -0.3 is 14.9 Å². The van der Waals surface area contributed by atoms with E-state index < -0.39 is 7.14 Å². The van der Waals surface area contributed by atoms with Crippen LogP contribution >= 0.6 is 7.14 Å². The van der Waals surface area contributed by atoms with Crippen molar-refractivity contribution in [2.75, 3.05) is 18.6 Å². The minimum Gasteiger partial charge on any atom is -0.346 e. The molecule has 0 aliphatic heterocycles. The molecule has 0 spiro atoms. The molecule has 0 unspecified atom stereocenters. The Balaban J connectivity index is 2.18. The summed E-state index contributed by atoms with van der Waals surface area (Å²) in [6.07, 6.45) is 4.69. The second-order valence-electron chi connectivity index (χ2n) is 6.59. The minimum atomic E-state index is -2.47. The average molecular weight is 355 g/mol. The molecule has 2 N–H and O–H groups in total. The van der Waals surface area contributed by atoms with Crippen LogP contribution in [0, 0.1) is 0 Å². The van der Waals surface area contributed by atoms with Crippen LogP contribution in [0.4, 0.5) is 5.69 Å². The number of hydrogen-bond acceptors (Lipinski definition) is 3. The molecule has 0 saturated heterocycles. The summed E-state index contributed by atoms with van der Waals surface area (Å²) in [4.78, 5) is 19.1. The Bertz CT molecular complexity index is 1000. The van der Waals surface area contributed by atoms with Gasteiger partial charge in [-0.15, -0.1) is 0 Å². The Morgan fingerprint density at radius 2 is 1.96 bits per heavy atom. The van der Waals surface area contributed by atoms with Gasteiger partial charge in [0, 0.05) is 41.3 Å². The second-order valence-corrected chi connectivity index (χ2v) is 9.81. The lowest BCUT2D eigenvalue weighted by atomic mass is 10.0. The summed E-state index contributed by atoms with van der Waals surface area (Å²) in [6, 6.07) is 7.69. The van der Waals surface area contributed by atoms with Gasteiger partial charge >= 0.3 is 0 Å². The largest absolute Gasteiger partial charge is 0.346 e. The van der Waals surface area contributed by atoms with E-state index in [0.29, 0.717) is 5.69 Å². The summed E-state index contributed by atoms with van der Waals surface area (Å²) >= 11 is 0. The fraction of sp³-hybridized carbons (Fsp3) is 0.263. The summed E-state index contributed by atoms with van der Waals surface area (Å²) in [7, 11) is -2.47. The first-order valence-corrected chi connectivity index (χ1v) is 10.8. The number of nitrogens with one attached hydrogen (secondary N) is 2. The molecule has 5 nitrogen and oxygen atoms in total. The number of H-pyrrole nitrogens is 1. The molecule has 0 saturated carbocycles. The van der Waals surface area contributed by atoms with E-state index >= 15 is 0 Å². The second kappa shape index (κ2) is 6.49. The van der Waals surface area contributed by atoms with E-state index in [0.717, 1.165) is 33.9 Å². The highest BCUT2D eigenvalue weighted by Gasteiger charge is 2.15. The van der Waals surface area contributed by atoms with Crippen LogP contribution in [-0.4, -0.2) is 29.2 Å². The maximum Gasteiger partial charge on any atom is 0.221 e. The number of carbonyl (C=O) groups is 1. The van der Waals surface area contributed by atoms with Crippen molar-refractivity contribution in [1.82, 2.24) is 9.97 Å².